The fourth-order valence-corrected chi connectivity index (χ4v) is 2.45. The van der Waals surface area contributed by atoms with Crippen LogP contribution in [0, 0.1) is 38.2 Å². The van der Waals surface area contributed by atoms with E-state index in [9.17, 15) is 13.2 Å². The van der Waals surface area contributed by atoms with Crippen LogP contribution in [0.4, 0.5) is 13.2 Å². The first-order valence-electron chi connectivity index (χ1n) is 6.53. The van der Waals surface area contributed by atoms with Gasteiger partial charge in [0.05, 0.1) is 6.04 Å². The van der Waals surface area contributed by atoms with Crippen molar-refractivity contribution in [1.29, 1.82) is 0 Å². The summed E-state index contributed by atoms with van der Waals surface area (Å²) in [4.78, 5) is 0. The molecule has 112 valence electrons. The van der Waals surface area contributed by atoms with Gasteiger partial charge in [-0.25, -0.2) is 18.6 Å². The van der Waals surface area contributed by atoms with Gasteiger partial charge >= 0.3 is 0 Å². The van der Waals surface area contributed by atoms with Gasteiger partial charge in [0.2, 0.25) is 0 Å². The molecule has 2 rings (SSSR count). The molecule has 0 radical (unpaired) electrons. The normalized spacial score (nSPS) is 12.5. The maximum Gasteiger partial charge on any atom is 0.134 e. The van der Waals surface area contributed by atoms with Crippen LogP contribution in [-0.4, -0.2) is 0 Å². The van der Waals surface area contributed by atoms with Gasteiger partial charge in [-0.2, -0.15) is 0 Å². The van der Waals surface area contributed by atoms with Crippen molar-refractivity contribution in [2.24, 2.45) is 5.84 Å². The van der Waals surface area contributed by atoms with E-state index < -0.39 is 23.5 Å². The second kappa shape index (κ2) is 5.87. The minimum absolute atomic E-state index is 0.287. The fourth-order valence-electron chi connectivity index (χ4n) is 2.45. The number of hydrazine groups is 1. The molecule has 0 spiro atoms. The van der Waals surface area contributed by atoms with Gasteiger partial charge in [-0.3, -0.25) is 5.84 Å². The van der Waals surface area contributed by atoms with Crippen molar-refractivity contribution < 1.29 is 13.2 Å². The highest BCUT2D eigenvalue weighted by atomic mass is 19.1. The van der Waals surface area contributed by atoms with E-state index in [1.807, 2.05) is 32.9 Å². The van der Waals surface area contributed by atoms with E-state index in [1.54, 1.807) is 0 Å². The number of nitrogens with one attached hydrogen (secondary N) is 1. The Balaban J connectivity index is 2.63. The monoisotopic (exact) mass is 294 g/mol. The van der Waals surface area contributed by atoms with Gasteiger partial charge in [-0.15, -0.1) is 0 Å². The van der Waals surface area contributed by atoms with Crippen LogP contribution in [0.3, 0.4) is 0 Å². The fraction of sp³-hybridized carbons (Fsp3) is 0.250. The molecule has 1 unspecified atom stereocenters. The molecule has 2 aromatic rings. The number of rotatable bonds is 3. The van der Waals surface area contributed by atoms with Crippen LogP contribution in [-0.2, 0) is 0 Å². The third-order valence-electron chi connectivity index (χ3n) is 3.69. The smallest absolute Gasteiger partial charge is 0.134 e. The lowest BCUT2D eigenvalue weighted by atomic mass is 9.91. The molecule has 2 aromatic carbocycles. The van der Waals surface area contributed by atoms with Gasteiger partial charge in [0.25, 0.3) is 0 Å². The molecule has 0 saturated heterocycles. The maximum atomic E-state index is 14.0. The molecule has 0 bridgehead atoms. The second-order valence-electron chi connectivity index (χ2n) is 5.18. The molecule has 0 aliphatic carbocycles. The maximum absolute atomic E-state index is 14.0. The van der Waals surface area contributed by atoms with Gasteiger partial charge in [-0.1, -0.05) is 12.1 Å². The van der Waals surface area contributed by atoms with Gasteiger partial charge < -0.3 is 0 Å². The molecule has 21 heavy (non-hydrogen) atoms. The Kier molecular flexibility index (Phi) is 4.34. The molecule has 5 heteroatoms. The van der Waals surface area contributed by atoms with Crippen LogP contribution in [0.1, 0.15) is 33.9 Å². The summed E-state index contributed by atoms with van der Waals surface area (Å²) in [5.74, 6) is 2.61. The summed E-state index contributed by atoms with van der Waals surface area (Å²) < 4.78 is 41.0. The third kappa shape index (κ3) is 2.94. The van der Waals surface area contributed by atoms with E-state index in [0.29, 0.717) is 17.7 Å². The topological polar surface area (TPSA) is 38.0 Å². The van der Waals surface area contributed by atoms with Crippen molar-refractivity contribution in [1.82, 2.24) is 5.43 Å². The number of halogens is 3. The number of benzene rings is 2. The molecule has 0 aliphatic rings. The Morgan fingerprint density at radius 1 is 0.857 bits per heavy atom. The summed E-state index contributed by atoms with van der Waals surface area (Å²) in [6.45, 7) is 5.70. The third-order valence-corrected chi connectivity index (χ3v) is 3.69. The summed E-state index contributed by atoms with van der Waals surface area (Å²) in [7, 11) is 0. The van der Waals surface area contributed by atoms with E-state index in [4.69, 9.17) is 5.84 Å². The summed E-state index contributed by atoms with van der Waals surface area (Å²) in [6.07, 6.45) is 0. The zero-order valence-corrected chi connectivity index (χ0v) is 12.1. The Labute approximate surface area is 121 Å². The lowest BCUT2D eigenvalue weighted by Crippen LogP contribution is -2.31. The zero-order valence-electron chi connectivity index (χ0n) is 12.1. The molecular formula is C16H17F3N2. The van der Waals surface area contributed by atoms with Crippen molar-refractivity contribution in [3.8, 4) is 0 Å². The van der Waals surface area contributed by atoms with Crippen LogP contribution in [0.2, 0.25) is 0 Å². The van der Waals surface area contributed by atoms with Crippen molar-refractivity contribution in [2.45, 2.75) is 26.8 Å². The molecular weight excluding hydrogens is 277 g/mol. The van der Waals surface area contributed by atoms with E-state index in [-0.39, 0.29) is 5.56 Å². The molecule has 0 fully saturated rings. The van der Waals surface area contributed by atoms with Crippen LogP contribution in [0.15, 0.2) is 24.3 Å². The lowest BCUT2D eigenvalue weighted by molar-refractivity contribution is 0.491. The van der Waals surface area contributed by atoms with Crippen LogP contribution in [0.25, 0.3) is 0 Å². The van der Waals surface area contributed by atoms with E-state index in [2.05, 4.69) is 5.43 Å². The van der Waals surface area contributed by atoms with E-state index in [0.717, 1.165) is 16.7 Å². The summed E-state index contributed by atoms with van der Waals surface area (Å²) in [5, 5.41) is 0. The van der Waals surface area contributed by atoms with Crippen molar-refractivity contribution in [3.63, 3.8) is 0 Å². The Morgan fingerprint density at radius 3 is 1.90 bits per heavy atom. The molecule has 0 aliphatic heterocycles. The molecule has 1 atom stereocenters. The molecule has 0 amide bonds. The standard InChI is InChI=1S/C16H17F3N2/c1-8-4-10(3)12(5-9(8)2)16(21-20)15-13(18)6-11(17)7-14(15)19/h4-7,16,21H,20H2,1-3H3. The predicted octanol–water partition coefficient (Wildman–Crippen LogP) is 3.58. The summed E-state index contributed by atoms with van der Waals surface area (Å²) in [5.41, 5.74) is 5.70. The highest BCUT2D eigenvalue weighted by Crippen LogP contribution is 2.30. The molecule has 2 nitrogen and oxygen atoms in total. The first-order chi connectivity index (χ1) is 9.85. The van der Waals surface area contributed by atoms with Crippen molar-refractivity contribution >= 4 is 0 Å². The second-order valence-corrected chi connectivity index (χ2v) is 5.18. The van der Waals surface area contributed by atoms with Crippen molar-refractivity contribution in [2.75, 3.05) is 0 Å². The van der Waals surface area contributed by atoms with E-state index >= 15 is 0 Å². The highest BCUT2D eigenvalue weighted by molar-refractivity contribution is 5.43. The van der Waals surface area contributed by atoms with Gasteiger partial charge in [-0.05, 0) is 43.0 Å². The number of hydrogen-bond acceptors (Lipinski definition) is 2. The molecule has 0 heterocycles. The van der Waals surface area contributed by atoms with Crippen LogP contribution in [0.5, 0.6) is 0 Å². The van der Waals surface area contributed by atoms with Gasteiger partial charge in [0.1, 0.15) is 17.5 Å². The number of aryl methyl sites for hydroxylation is 3. The Bertz CT molecular complexity index is 660. The molecule has 0 aromatic heterocycles. The first-order valence-corrected chi connectivity index (χ1v) is 6.53. The van der Waals surface area contributed by atoms with Crippen molar-refractivity contribution in [3.05, 3.63) is 69.5 Å². The minimum Gasteiger partial charge on any atom is -0.271 e. The molecule has 0 saturated carbocycles. The SMILES string of the molecule is Cc1cc(C)c(C(NN)c2c(F)cc(F)cc2F)cc1C. The quantitative estimate of drug-likeness (QED) is 0.671. The summed E-state index contributed by atoms with van der Waals surface area (Å²) in [6, 6.07) is 4.18. The zero-order chi connectivity index (χ0) is 15.7. The largest absolute Gasteiger partial charge is 0.271 e. The lowest BCUT2D eigenvalue weighted by Gasteiger charge is -2.21. The van der Waals surface area contributed by atoms with Crippen LogP contribution < -0.4 is 11.3 Å². The Morgan fingerprint density at radius 2 is 1.38 bits per heavy atom. The Hall–Kier alpha value is -1.85. The van der Waals surface area contributed by atoms with Crippen LogP contribution >= 0.6 is 0 Å². The highest BCUT2D eigenvalue weighted by Gasteiger charge is 2.23. The average Bonchev–Trinajstić information content (AvgIpc) is 2.38. The minimum atomic E-state index is -0.965. The van der Waals surface area contributed by atoms with Gasteiger partial charge in [0, 0.05) is 17.7 Å². The summed E-state index contributed by atoms with van der Waals surface area (Å²) >= 11 is 0. The predicted molar refractivity (Wildman–Crippen MR) is 76.1 cm³/mol. The average molecular weight is 294 g/mol. The first kappa shape index (κ1) is 15.5. The van der Waals surface area contributed by atoms with Gasteiger partial charge in [0.15, 0.2) is 0 Å². The number of nitrogens with two attached hydrogens (primary N) is 1. The number of hydrogen-bond donors (Lipinski definition) is 2. The molecule has 3 N–H and O–H groups in total. The van der Waals surface area contributed by atoms with E-state index in [1.165, 1.54) is 0 Å².